The van der Waals surface area contributed by atoms with Gasteiger partial charge in [0.15, 0.2) is 53.6 Å². The van der Waals surface area contributed by atoms with Crippen molar-refractivity contribution >= 4 is 71.0 Å². The normalized spacial score (nSPS) is 15.4. The Kier molecular flexibility index (Phi) is 15.4. The molecule has 0 amide bonds. The molecule has 6 aromatic heterocycles. The second-order valence-corrected chi connectivity index (χ2v) is 20.6. The SMILES string of the molecule is CS(=O)(=O)c1ccc(Nc2nc(F)nc3c2ncn3C2CCCCC2)cc1.CS(=O)(=O)c1ccc(Nc2nc(NCc3ccccn3)nc3c2ncn3C2CCCCO2)cc1.NCc1ccccn1. The molecule has 1 saturated heterocycles. The summed E-state index contributed by atoms with van der Waals surface area (Å²) in [7, 11) is -6.55. The van der Waals surface area contributed by atoms with Gasteiger partial charge >= 0.3 is 6.08 Å². The molecule has 10 rings (SSSR count). The number of anilines is 5. The summed E-state index contributed by atoms with van der Waals surface area (Å²) in [5.74, 6) is 1.19. The van der Waals surface area contributed by atoms with E-state index in [1.807, 2.05) is 45.5 Å². The van der Waals surface area contributed by atoms with Crippen LogP contribution in [0.1, 0.15) is 75.0 Å². The first-order valence-electron chi connectivity index (χ1n) is 22.5. The lowest BCUT2D eigenvalue weighted by Gasteiger charge is -2.24. The van der Waals surface area contributed by atoms with Gasteiger partial charge in [-0.2, -0.15) is 24.3 Å². The molecular weight excluding hydrogens is 924 g/mol. The summed E-state index contributed by atoms with van der Waals surface area (Å²) in [6, 6.07) is 24.4. The van der Waals surface area contributed by atoms with Crippen LogP contribution >= 0.6 is 0 Å². The molecule has 22 heteroatoms. The highest BCUT2D eigenvalue weighted by Gasteiger charge is 2.23. The van der Waals surface area contributed by atoms with Gasteiger partial charge in [0.25, 0.3) is 0 Å². The van der Waals surface area contributed by atoms with Crippen LogP contribution in [0.4, 0.5) is 33.3 Å². The second-order valence-electron chi connectivity index (χ2n) is 16.5. The van der Waals surface area contributed by atoms with Crippen LogP contribution in [-0.4, -0.2) is 85.0 Å². The number of aromatic nitrogens is 10. The third-order valence-electron chi connectivity index (χ3n) is 11.4. The fraction of sp³-hybridized carbons (Fsp3) is 0.319. The van der Waals surface area contributed by atoms with Crippen molar-refractivity contribution in [1.29, 1.82) is 0 Å². The highest BCUT2D eigenvalue weighted by molar-refractivity contribution is 7.91. The molecule has 2 aliphatic rings. The molecule has 1 aliphatic carbocycles. The fourth-order valence-corrected chi connectivity index (χ4v) is 9.14. The van der Waals surface area contributed by atoms with Crippen LogP contribution in [0.25, 0.3) is 22.3 Å². The van der Waals surface area contributed by atoms with Crippen LogP contribution in [0.3, 0.4) is 0 Å². The summed E-state index contributed by atoms with van der Waals surface area (Å²) in [6.45, 7) is 1.70. The molecule has 1 unspecified atom stereocenters. The monoisotopic (exact) mass is 976 g/mol. The van der Waals surface area contributed by atoms with Crippen LogP contribution in [0.15, 0.2) is 120 Å². The summed E-state index contributed by atoms with van der Waals surface area (Å²) in [5, 5.41) is 9.53. The minimum atomic E-state index is -3.28. The zero-order chi connectivity index (χ0) is 48.4. The van der Waals surface area contributed by atoms with E-state index in [0.29, 0.717) is 65.2 Å². The van der Waals surface area contributed by atoms with Crippen LogP contribution < -0.4 is 21.7 Å². The molecule has 7 heterocycles. The van der Waals surface area contributed by atoms with Crippen molar-refractivity contribution in [3.8, 4) is 0 Å². The standard InChI is InChI=1S/C23H25N7O3S.C18H20FN5O2S.C6H8N2/c1-34(31,32)18-10-8-16(9-11-18)27-21-20-22(30(15-26-20)19-7-3-5-13-33-19)29-23(28-21)25-14-17-6-2-4-12-24-17;1-27(25,26)14-9-7-12(8-10-14)21-16-15-17(23-18(19)22-16)24(11-20-15)13-5-3-2-4-6-13;7-5-6-3-1-2-4-8-6/h2,4,6,8-12,15,19H,3,5,7,13-14H2,1H3,(H2,25,27,28,29);7-11,13H,2-6H2,1H3,(H,21,22,23);1-4H,5,7H2. The Bertz CT molecular complexity index is 3190. The summed E-state index contributed by atoms with van der Waals surface area (Å²) in [6.07, 6.45) is 16.9. The Hall–Kier alpha value is -7.01. The lowest BCUT2D eigenvalue weighted by molar-refractivity contribution is -0.0298. The van der Waals surface area contributed by atoms with Gasteiger partial charge in [0.2, 0.25) is 5.95 Å². The number of nitrogens with zero attached hydrogens (tertiary/aromatic N) is 10. The van der Waals surface area contributed by atoms with E-state index in [4.69, 9.17) is 15.5 Å². The maximum absolute atomic E-state index is 14.1. The Morgan fingerprint density at radius 2 is 1.19 bits per heavy atom. The van der Waals surface area contributed by atoms with Gasteiger partial charge in [0, 0.05) is 55.5 Å². The third kappa shape index (κ3) is 12.6. The van der Waals surface area contributed by atoms with Gasteiger partial charge in [-0.25, -0.2) is 26.8 Å². The number of fused-ring (bicyclic) bond motifs is 2. The summed E-state index contributed by atoms with van der Waals surface area (Å²) in [4.78, 5) is 34.9. The van der Waals surface area contributed by atoms with Gasteiger partial charge in [0.1, 0.15) is 6.23 Å². The molecule has 1 saturated carbocycles. The second kappa shape index (κ2) is 22.0. The van der Waals surface area contributed by atoms with Gasteiger partial charge in [-0.15, -0.1) is 0 Å². The minimum Gasteiger partial charge on any atom is -0.358 e. The summed E-state index contributed by atoms with van der Waals surface area (Å²) in [5.41, 5.74) is 10.6. The van der Waals surface area contributed by atoms with Crippen LogP contribution in [0.2, 0.25) is 0 Å². The zero-order valence-electron chi connectivity index (χ0n) is 38.1. The van der Waals surface area contributed by atoms with Crippen molar-refractivity contribution < 1.29 is 26.0 Å². The number of ether oxygens (including phenoxy) is 1. The van der Waals surface area contributed by atoms with E-state index in [0.717, 1.165) is 62.6 Å². The molecule has 360 valence electrons. The van der Waals surface area contributed by atoms with Gasteiger partial charge in [-0.3, -0.25) is 14.5 Å². The van der Waals surface area contributed by atoms with Crippen molar-refractivity contribution in [1.82, 2.24) is 49.0 Å². The van der Waals surface area contributed by atoms with E-state index >= 15 is 0 Å². The number of rotatable bonds is 12. The Morgan fingerprint density at radius 3 is 1.71 bits per heavy atom. The molecule has 8 aromatic rings. The van der Waals surface area contributed by atoms with Crippen molar-refractivity contribution in [2.75, 3.05) is 35.1 Å². The molecule has 0 radical (unpaired) electrons. The topological polar surface area (TPSA) is 253 Å². The van der Waals surface area contributed by atoms with Crippen molar-refractivity contribution in [3.63, 3.8) is 0 Å². The number of hydrogen-bond donors (Lipinski definition) is 4. The number of nitrogens with one attached hydrogen (secondary N) is 3. The molecular formula is C47H53FN14O5S2. The molecule has 5 N–H and O–H groups in total. The van der Waals surface area contributed by atoms with Crippen molar-refractivity contribution in [3.05, 3.63) is 127 Å². The Balaban J connectivity index is 0.000000163. The number of benzene rings is 2. The van der Waals surface area contributed by atoms with Crippen LogP contribution in [0, 0.1) is 6.08 Å². The smallest absolute Gasteiger partial charge is 0.312 e. The van der Waals surface area contributed by atoms with E-state index < -0.39 is 25.8 Å². The highest BCUT2D eigenvalue weighted by Crippen LogP contribution is 2.33. The van der Waals surface area contributed by atoms with Crippen molar-refractivity contribution in [2.24, 2.45) is 5.73 Å². The first-order chi connectivity index (χ1) is 33.3. The van der Waals surface area contributed by atoms with Gasteiger partial charge in [-0.05, 0) is 105 Å². The van der Waals surface area contributed by atoms with Gasteiger partial charge in [0.05, 0.1) is 40.4 Å². The molecule has 2 aromatic carbocycles. The first kappa shape index (κ1) is 48.4. The van der Waals surface area contributed by atoms with Crippen molar-refractivity contribution in [2.45, 2.75) is 86.5 Å². The van der Waals surface area contributed by atoms with E-state index in [-0.39, 0.29) is 27.9 Å². The first-order valence-corrected chi connectivity index (χ1v) is 26.2. The zero-order valence-corrected chi connectivity index (χ0v) is 39.7. The molecule has 19 nitrogen and oxygen atoms in total. The van der Waals surface area contributed by atoms with E-state index in [1.165, 1.54) is 24.8 Å². The summed E-state index contributed by atoms with van der Waals surface area (Å²) >= 11 is 0. The maximum Gasteiger partial charge on any atom is 0.312 e. The van der Waals surface area contributed by atoms with E-state index in [2.05, 4.69) is 50.8 Å². The van der Waals surface area contributed by atoms with Crippen LogP contribution in [0.5, 0.6) is 0 Å². The quantitative estimate of drug-likeness (QED) is 0.0851. The predicted octanol–water partition coefficient (Wildman–Crippen LogP) is 7.84. The highest BCUT2D eigenvalue weighted by atomic mass is 32.2. The lowest BCUT2D eigenvalue weighted by Crippen LogP contribution is -2.18. The maximum atomic E-state index is 14.1. The van der Waals surface area contributed by atoms with Gasteiger partial charge < -0.3 is 31.0 Å². The summed E-state index contributed by atoms with van der Waals surface area (Å²) < 4.78 is 70.6. The average molecular weight is 977 g/mol. The number of hydrogen-bond acceptors (Lipinski definition) is 17. The largest absolute Gasteiger partial charge is 0.358 e. The average Bonchev–Trinajstić information content (AvgIpc) is 4.00. The number of nitrogens with two attached hydrogens (primary N) is 1. The Morgan fingerprint density at radius 1 is 0.638 bits per heavy atom. The fourth-order valence-electron chi connectivity index (χ4n) is 7.88. The third-order valence-corrected chi connectivity index (χ3v) is 13.7. The molecule has 0 spiro atoms. The number of halogens is 1. The molecule has 1 atom stereocenters. The molecule has 0 bridgehead atoms. The number of sulfone groups is 2. The minimum absolute atomic E-state index is 0.126. The van der Waals surface area contributed by atoms with Gasteiger partial charge in [-0.1, -0.05) is 31.4 Å². The van der Waals surface area contributed by atoms with Crippen LogP contribution in [-0.2, 0) is 37.5 Å². The van der Waals surface area contributed by atoms with E-state index in [1.54, 1.807) is 61.4 Å². The number of pyridine rings is 2. The lowest BCUT2D eigenvalue weighted by atomic mass is 9.95. The molecule has 1 aliphatic heterocycles. The molecule has 2 fully saturated rings. The Labute approximate surface area is 399 Å². The predicted molar refractivity (Wildman–Crippen MR) is 261 cm³/mol. The van der Waals surface area contributed by atoms with E-state index in [9.17, 15) is 21.2 Å². The number of imidazole rings is 2. The molecule has 69 heavy (non-hydrogen) atoms.